The summed E-state index contributed by atoms with van der Waals surface area (Å²) in [6.45, 7) is 9.14. The highest BCUT2D eigenvalue weighted by molar-refractivity contribution is 7.92. The van der Waals surface area contributed by atoms with Gasteiger partial charge in [-0.3, -0.25) is 9.10 Å². The van der Waals surface area contributed by atoms with Gasteiger partial charge in [0.2, 0.25) is 15.9 Å². The molecule has 1 aliphatic rings. The Bertz CT molecular complexity index is 715. The minimum absolute atomic E-state index is 0.120. The van der Waals surface area contributed by atoms with Crippen LogP contribution in [-0.4, -0.2) is 44.6 Å². The number of nitrogens with zero attached hydrogens (tertiary/aromatic N) is 2. The zero-order valence-electron chi connectivity index (χ0n) is 15.2. The van der Waals surface area contributed by atoms with Gasteiger partial charge in [-0.1, -0.05) is 13.0 Å². The number of piperidine rings is 1. The highest BCUT2D eigenvalue weighted by Gasteiger charge is 2.33. The second kappa shape index (κ2) is 7.13. The molecule has 2 unspecified atom stereocenters. The maximum Gasteiger partial charge on any atom is 0.246 e. The third-order valence-corrected chi connectivity index (χ3v) is 6.02. The van der Waals surface area contributed by atoms with E-state index in [1.165, 1.54) is 4.31 Å². The van der Waals surface area contributed by atoms with Crippen LogP contribution in [0, 0.1) is 19.8 Å². The van der Waals surface area contributed by atoms with Crippen molar-refractivity contribution in [1.29, 1.82) is 0 Å². The maximum absolute atomic E-state index is 12.9. The van der Waals surface area contributed by atoms with Gasteiger partial charge in [-0.15, -0.1) is 0 Å². The van der Waals surface area contributed by atoms with Crippen molar-refractivity contribution in [3.05, 3.63) is 29.3 Å². The highest BCUT2D eigenvalue weighted by atomic mass is 32.2. The number of sulfonamides is 1. The Hall–Kier alpha value is -1.56. The van der Waals surface area contributed by atoms with Crippen LogP contribution in [0.15, 0.2) is 18.2 Å². The lowest BCUT2D eigenvalue weighted by Gasteiger charge is -2.36. The first-order chi connectivity index (χ1) is 11.1. The van der Waals surface area contributed by atoms with E-state index in [-0.39, 0.29) is 5.91 Å². The van der Waals surface area contributed by atoms with E-state index in [2.05, 4.69) is 6.92 Å². The quantitative estimate of drug-likeness (QED) is 0.837. The molecule has 1 heterocycles. The molecule has 24 heavy (non-hydrogen) atoms. The zero-order valence-corrected chi connectivity index (χ0v) is 16.1. The van der Waals surface area contributed by atoms with Crippen molar-refractivity contribution in [2.24, 2.45) is 5.92 Å². The predicted molar refractivity (Wildman–Crippen MR) is 97.7 cm³/mol. The molecule has 0 radical (unpaired) electrons. The molecule has 1 aliphatic heterocycles. The van der Waals surface area contributed by atoms with Gasteiger partial charge in [-0.25, -0.2) is 8.42 Å². The van der Waals surface area contributed by atoms with Crippen molar-refractivity contribution in [2.75, 3.05) is 23.7 Å². The molecule has 0 aromatic heterocycles. The number of hydrogen-bond acceptors (Lipinski definition) is 3. The van der Waals surface area contributed by atoms with E-state index in [9.17, 15) is 13.2 Å². The van der Waals surface area contributed by atoms with Gasteiger partial charge in [0.05, 0.1) is 11.9 Å². The summed E-state index contributed by atoms with van der Waals surface area (Å²) in [5.74, 6) is 0.341. The SMILES string of the molecule is Cc1ccc(N(C(C)C(=O)N2CCCC(C)C2)S(C)(=O)=O)cc1C. The lowest BCUT2D eigenvalue weighted by Crippen LogP contribution is -2.51. The maximum atomic E-state index is 12.9. The van der Waals surface area contributed by atoms with E-state index in [1.54, 1.807) is 17.9 Å². The molecule has 0 bridgehead atoms. The van der Waals surface area contributed by atoms with Crippen LogP contribution >= 0.6 is 0 Å². The molecular weight excluding hydrogens is 324 g/mol. The molecule has 0 saturated carbocycles. The fourth-order valence-electron chi connectivity index (χ4n) is 3.32. The molecule has 134 valence electrons. The molecule has 2 rings (SSSR count). The number of carbonyl (C=O) groups excluding carboxylic acids is 1. The van der Waals surface area contributed by atoms with Gasteiger partial charge >= 0.3 is 0 Å². The molecule has 2 atom stereocenters. The van der Waals surface area contributed by atoms with Crippen molar-refractivity contribution < 1.29 is 13.2 Å². The average Bonchev–Trinajstić information content (AvgIpc) is 2.48. The number of rotatable bonds is 4. The van der Waals surface area contributed by atoms with Gasteiger partial charge < -0.3 is 4.90 Å². The average molecular weight is 353 g/mol. The van der Waals surface area contributed by atoms with E-state index in [0.29, 0.717) is 24.7 Å². The summed E-state index contributed by atoms with van der Waals surface area (Å²) in [6.07, 6.45) is 3.25. The number of benzene rings is 1. The fraction of sp³-hybridized carbons (Fsp3) is 0.611. The molecule has 0 spiro atoms. The molecule has 1 saturated heterocycles. The fourth-order valence-corrected chi connectivity index (χ4v) is 4.48. The van der Waals surface area contributed by atoms with Crippen LogP contribution in [0.1, 0.15) is 37.8 Å². The van der Waals surface area contributed by atoms with Crippen LogP contribution in [-0.2, 0) is 14.8 Å². The second-order valence-electron chi connectivity index (χ2n) is 7.04. The number of aryl methyl sites for hydroxylation is 2. The highest BCUT2D eigenvalue weighted by Crippen LogP contribution is 2.25. The van der Waals surface area contributed by atoms with E-state index in [4.69, 9.17) is 0 Å². The first kappa shape index (κ1) is 18.8. The number of amides is 1. The third kappa shape index (κ3) is 4.09. The van der Waals surface area contributed by atoms with Crippen LogP contribution in [0.25, 0.3) is 0 Å². The van der Waals surface area contributed by atoms with Crippen LogP contribution in [0.2, 0.25) is 0 Å². The predicted octanol–water partition coefficient (Wildman–Crippen LogP) is 2.72. The van der Waals surface area contributed by atoms with Crippen LogP contribution < -0.4 is 4.31 Å². The Labute approximate surface area is 145 Å². The Balaban J connectivity index is 2.33. The first-order valence-corrected chi connectivity index (χ1v) is 10.3. The van der Waals surface area contributed by atoms with Gasteiger partial charge in [-0.05, 0) is 62.8 Å². The molecule has 0 aliphatic carbocycles. The molecule has 1 amide bonds. The first-order valence-electron chi connectivity index (χ1n) is 8.46. The summed E-state index contributed by atoms with van der Waals surface area (Å²) in [4.78, 5) is 14.7. The lowest BCUT2D eigenvalue weighted by atomic mass is 9.99. The standard InChI is InChI=1S/C18H28N2O3S/c1-13-7-6-10-19(12-13)18(21)16(4)20(24(5,22)23)17-9-8-14(2)15(3)11-17/h8-9,11,13,16H,6-7,10,12H2,1-5H3. The van der Waals surface area contributed by atoms with Gasteiger partial charge in [0.1, 0.15) is 6.04 Å². The summed E-state index contributed by atoms with van der Waals surface area (Å²) in [6, 6.07) is 4.75. The summed E-state index contributed by atoms with van der Waals surface area (Å²) in [5.41, 5.74) is 2.65. The largest absolute Gasteiger partial charge is 0.341 e. The Kier molecular flexibility index (Phi) is 5.58. The van der Waals surface area contributed by atoms with Crippen LogP contribution in [0.3, 0.4) is 0 Å². The van der Waals surface area contributed by atoms with Crippen molar-refractivity contribution >= 4 is 21.6 Å². The Morgan fingerprint density at radius 3 is 2.50 bits per heavy atom. The monoisotopic (exact) mass is 352 g/mol. The zero-order chi connectivity index (χ0) is 18.1. The Morgan fingerprint density at radius 2 is 1.96 bits per heavy atom. The van der Waals surface area contributed by atoms with Crippen LogP contribution in [0.4, 0.5) is 5.69 Å². The summed E-state index contributed by atoms with van der Waals surface area (Å²) in [7, 11) is -3.56. The smallest absolute Gasteiger partial charge is 0.246 e. The summed E-state index contributed by atoms with van der Waals surface area (Å²) >= 11 is 0. The minimum atomic E-state index is -3.56. The summed E-state index contributed by atoms with van der Waals surface area (Å²) in [5, 5.41) is 0. The molecule has 5 nitrogen and oxygen atoms in total. The van der Waals surface area contributed by atoms with E-state index in [0.717, 1.165) is 30.2 Å². The van der Waals surface area contributed by atoms with E-state index < -0.39 is 16.1 Å². The number of likely N-dealkylation sites (tertiary alicyclic amines) is 1. The molecular formula is C18H28N2O3S. The molecule has 1 aromatic rings. The van der Waals surface area contributed by atoms with Crippen molar-refractivity contribution in [1.82, 2.24) is 4.90 Å². The molecule has 1 fully saturated rings. The normalized spacial score (nSPS) is 19.9. The number of anilines is 1. The molecule has 1 aromatic carbocycles. The topological polar surface area (TPSA) is 57.7 Å². The van der Waals surface area contributed by atoms with Crippen molar-refractivity contribution in [3.8, 4) is 0 Å². The minimum Gasteiger partial charge on any atom is -0.341 e. The van der Waals surface area contributed by atoms with Gasteiger partial charge in [0.25, 0.3) is 0 Å². The second-order valence-corrected chi connectivity index (χ2v) is 8.89. The lowest BCUT2D eigenvalue weighted by molar-refractivity contribution is -0.133. The van der Waals surface area contributed by atoms with E-state index >= 15 is 0 Å². The van der Waals surface area contributed by atoms with Crippen molar-refractivity contribution in [3.63, 3.8) is 0 Å². The van der Waals surface area contributed by atoms with Crippen LogP contribution in [0.5, 0.6) is 0 Å². The number of hydrogen-bond donors (Lipinski definition) is 0. The van der Waals surface area contributed by atoms with Gasteiger partial charge in [0.15, 0.2) is 0 Å². The van der Waals surface area contributed by atoms with Gasteiger partial charge in [0, 0.05) is 13.1 Å². The number of carbonyl (C=O) groups is 1. The van der Waals surface area contributed by atoms with Gasteiger partial charge in [-0.2, -0.15) is 0 Å². The molecule has 0 N–H and O–H groups in total. The molecule has 6 heteroatoms. The summed E-state index contributed by atoms with van der Waals surface area (Å²) < 4.78 is 26.0. The van der Waals surface area contributed by atoms with E-state index in [1.807, 2.05) is 26.0 Å². The third-order valence-electron chi connectivity index (χ3n) is 4.78. The Morgan fingerprint density at radius 1 is 1.29 bits per heavy atom. The van der Waals surface area contributed by atoms with Crippen molar-refractivity contribution in [2.45, 2.75) is 46.6 Å².